The molecule has 0 saturated carbocycles. The van der Waals surface area contributed by atoms with Gasteiger partial charge in [0.05, 0.1) is 17.7 Å². The molecule has 1 saturated heterocycles. The van der Waals surface area contributed by atoms with Crippen LogP contribution in [0.15, 0.2) is 76.6 Å². The number of likely N-dealkylation sites (N-methyl/N-ethyl adjacent to an activating group) is 1. The van der Waals surface area contributed by atoms with E-state index in [9.17, 15) is 9.18 Å². The Morgan fingerprint density at radius 1 is 1.03 bits per heavy atom. The molecular weight excluding hydrogens is 451 g/mol. The molecule has 1 fully saturated rings. The predicted octanol–water partition coefficient (Wildman–Crippen LogP) is 6.35. The van der Waals surface area contributed by atoms with Gasteiger partial charge in [-0.25, -0.2) is 9.38 Å². The number of nitrogens with zero attached hydrogens (tertiary/aromatic N) is 2. The first-order chi connectivity index (χ1) is 16.5. The zero-order valence-electron chi connectivity index (χ0n) is 19.2. The smallest absolute Gasteiger partial charge is 0.266 e. The van der Waals surface area contributed by atoms with Gasteiger partial charge in [-0.1, -0.05) is 35.9 Å². The highest BCUT2D eigenvalue weighted by Crippen LogP contribution is 2.36. The lowest BCUT2D eigenvalue weighted by Crippen LogP contribution is -2.28. The molecule has 5 nitrogen and oxygen atoms in total. The zero-order chi connectivity index (χ0) is 24.1. The van der Waals surface area contributed by atoms with E-state index in [2.05, 4.69) is 17.1 Å². The zero-order valence-corrected chi connectivity index (χ0v) is 20.1. The molecule has 174 valence electrons. The van der Waals surface area contributed by atoms with Gasteiger partial charge in [0.25, 0.3) is 5.91 Å². The van der Waals surface area contributed by atoms with Crippen LogP contribution in [0.4, 0.5) is 10.1 Å². The maximum atomic E-state index is 13.2. The summed E-state index contributed by atoms with van der Waals surface area (Å²) in [7, 11) is 1.59. The van der Waals surface area contributed by atoms with Gasteiger partial charge < -0.3 is 9.47 Å². The molecule has 0 bridgehead atoms. The third-order valence-corrected chi connectivity index (χ3v) is 6.26. The Kier molecular flexibility index (Phi) is 7.33. The van der Waals surface area contributed by atoms with Crippen LogP contribution >= 0.6 is 11.8 Å². The number of amides is 1. The van der Waals surface area contributed by atoms with Gasteiger partial charge in [-0.15, -0.1) is 0 Å². The van der Waals surface area contributed by atoms with Gasteiger partial charge in [-0.2, -0.15) is 0 Å². The van der Waals surface area contributed by atoms with Crippen molar-refractivity contribution >= 4 is 34.6 Å². The van der Waals surface area contributed by atoms with E-state index in [-0.39, 0.29) is 11.7 Å². The van der Waals surface area contributed by atoms with Gasteiger partial charge in [0.2, 0.25) is 0 Å². The average molecular weight is 477 g/mol. The highest BCUT2D eigenvalue weighted by molar-refractivity contribution is 8.18. The number of carbonyl (C=O) groups excluding carboxylic acids is 1. The van der Waals surface area contributed by atoms with Crippen molar-refractivity contribution in [1.82, 2.24) is 4.90 Å². The molecule has 7 heteroatoms. The third-order valence-electron chi connectivity index (χ3n) is 5.26. The molecule has 1 heterocycles. The van der Waals surface area contributed by atoms with E-state index in [0.717, 1.165) is 11.1 Å². The minimum atomic E-state index is -0.327. The first kappa shape index (κ1) is 23.6. The molecule has 3 aromatic carbocycles. The first-order valence-corrected chi connectivity index (χ1v) is 11.7. The Bertz CT molecular complexity index is 1240. The summed E-state index contributed by atoms with van der Waals surface area (Å²) in [6, 6.07) is 19.6. The molecule has 3 aromatic rings. The lowest BCUT2D eigenvalue weighted by molar-refractivity contribution is -0.122. The third kappa shape index (κ3) is 5.48. The van der Waals surface area contributed by atoms with Crippen LogP contribution in [0.5, 0.6) is 11.5 Å². The second kappa shape index (κ2) is 10.6. The number of ether oxygens (including phenoxy) is 2. The number of rotatable bonds is 7. The highest BCUT2D eigenvalue weighted by atomic mass is 32.2. The van der Waals surface area contributed by atoms with E-state index in [0.29, 0.717) is 40.4 Å². The molecular formula is C27H25FN2O3S. The maximum Gasteiger partial charge on any atom is 0.266 e. The average Bonchev–Trinajstić information content (AvgIpc) is 3.14. The number of amidine groups is 1. The number of hydrogen-bond acceptors (Lipinski definition) is 5. The quantitative estimate of drug-likeness (QED) is 0.373. The molecule has 1 aliphatic rings. The summed E-state index contributed by atoms with van der Waals surface area (Å²) < 4.78 is 24.7. The van der Waals surface area contributed by atoms with Crippen LogP contribution in [-0.4, -0.2) is 29.6 Å². The van der Waals surface area contributed by atoms with Crippen molar-refractivity contribution in [3.63, 3.8) is 0 Å². The summed E-state index contributed by atoms with van der Waals surface area (Å²) in [6.07, 6.45) is 1.81. The minimum absolute atomic E-state index is 0.118. The Morgan fingerprint density at radius 3 is 2.44 bits per heavy atom. The van der Waals surface area contributed by atoms with Crippen LogP contribution in [0.25, 0.3) is 6.08 Å². The Balaban J connectivity index is 1.53. The molecule has 0 spiro atoms. The Morgan fingerprint density at radius 2 is 1.76 bits per heavy atom. The van der Waals surface area contributed by atoms with Crippen LogP contribution in [-0.2, 0) is 11.4 Å². The number of benzene rings is 3. The van der Waals surface area contributed by atoms with Crippen molar-refractivity contribution in [2.45, 2.75) is 20.5 Å². The Labute approximate surface area is 202 Å². The highest BCUT2D eigenvalue weighted by Gasteiger charge is 2.32. The number of aliphatic imine (C=N–C) groups is 1. The van der Waals surface area contributed by atoms with E-state index in [1.54, 1.807) is 24.1 Å². The van der Waals surface area contributed by atoms with Crippen molar-refractivity contribution in [1.29, 1.82) is 0 Å². The SMILES string of the molecule is CCN1C(=O)/C(=C\c2ccc(OCc3ccc(C)cc3)c(OC)c2)SC1=Nc1ccc(F)cc1. The molecule has 1 aliphatic heterocycles. The molecule has 0 radical (unpaired) electrons. The normalized spacial score (nSPS) is 15.9. The standard InChI is InChI=1S/C27H25FN2O3S/c1-4-30-26(31)25(34-27(30)29-22-12-10-21(28)11-13-22)16-20-9-14-23(24(15-20)32-3)33-17-19-7-5-18(2)6-8-19/h5-16H,4,17H2,1-3H3/b25-16+,29-27?. The predicted molar refractivity (Wildman–Crippen MR) is 135 cm³/mol. The molecule has 0 aromatic heterocycles. The summed E-state index contributed by atoms with van der Waals surface area (Å²) in [5.41, 5.74) is 3.67. The van der Waals surface area contributed by atoms with E-state index >= 15 is 0 Å². The summed E-state index contributed by atoms with van der Waals surface area (Å²) in [5.74, 6) is 0.771. The van der Waals surface area contributed by atoms with Gasteiger partial charge in [0.15, 0.2) is 16.7 Å². The lowest BCUT2D eigenvalue weighted by Gasteiger charge is -2.12. The lowest BCUT2D eigenvalue weighted by atomic mass is 10.1. The summed E-state index contributed by atoms with van der Waals surface area (Å²) in [6.45, 7) is 4.86. The van der Waals surface area contributed by atoms with Crippen molar-refractivity contribution < 1.29 is 18.7 Å². The van der Waals surface area contributed by atoms with Crippen LogP contribution in [0.1, 0.15) is 23.6 Å². The first-order valence-electron chi connectivity index (χ1n) is 10.9. The van der Waals surface area contributed by atoms with Crippen LogP contribution in [0.3, 0.4) is 0 Å². The van der Waals surface area contributed by atoms with Crippen molar-refractivity contribution in [2.75, 3.05) is 13.7 Å². The summed E-state index contributed by atoms with van der Waals surface area (Å²) in [5, 5.41) is 0.565. The molecule has 0 aliphatic carbocycles. The van der Waals surface area contributed by atoms with E-state index in [4.69, 9.17) is 9.47 Å². The van der Waals surface area contributed by atoms with Gasteiger partial charge in [-0.3, -0.25) is 9.69 Å². The number of aryl methyl sites for hydroxylation is 1. The topological polar surface area (TPSA) is 51.1 Å². The molecule has 0 unspecified atom stereocenters. The number of methoxy groups -OCH3 is 1. The monoisotopic (exact) mass is 476 g/mol. The number of hydrogen-bond donors (Lipinski definition) is 0. The van der Waals surface area contributed by atoms with Crippen LogP contribution in [0, 0.1) is 12.7 Å². The summed E-state index contributed by atoms with van der Waals surface area (Å²) >= 11 is 1.29. The van der Waals surface area contributed by atoms with E-state index in [1.807, 2.05) is 50.3 Å². The maximum absolute atomic E-state index is 13.2. The van der Waals surface area contributed by atoms with Gasteiger partial charge in [0, 0.05) is 6.54 Å². The fourth-order valence-electron chi connectivity index (χ4n) is 3.39. The molecule has 0 N–H and O–H groups in total. The van der Waals surface area contributed by atoms with Gasteiger partial charge in [0.1, 0.15) is 12.4 Å². The van der Waals surface area contributed by atoms with Crippen molar-refractivity contribution in [3.05, 3.63) is 94.1 Å². The Hall–Kier alpha value is -3.58. The van der Waals surface area contributed by atoms with Gasteiger partial charge in [-0.05, 0) is 79.2 Å². The molecule has 4 rings (SSSR count). The fraction of sp³-hybridized carbons (Fsp3) is 0.185. The number of carbonyl (C=O) groups is 1. The van der Waals surface area contributed by atoms with Crippen LogP contribution in [0.2, 0.25) is 0 Å². The van der Waals surface area contributed by atoms with E-state index in [1.165, 1.54) is 29.5 Å². The fourth-order valence-corrected chi connectivity index (χ4v) is 4.45. The van der Waals surface area contributed by atoms with Gasteiger partial charge >= 0.3 is 0 Å². The van der Waals surface area contributed by atoms with Crippen molar-refractivity contribution in [2.24, 2.45) is 4.99 Å². The molecule has 1 amide bonds. The van der Waals surface area contributed by atoms with Crippen LogP contribution < -0.4 is 9.47 Å². The van der Waals surface area contributed by atoms with Crippen molar-refractivity contribution in [3.8, 4) is 11.5 Å². The second-order valence-corrected chi connectivity index (χ2v) is 8.72. The largest absolute Gasteiger partial charge is 0.493 e. The minimum Gasteiger partial charge on any atom is -0.493 e. The number of thioether (sulfide) groups is 1. The molecule has 34 heavy (non-hydrogen) atoms. The second-order valence-electron chi connectivity index (χ2n) is 7.72. The van der Waals surface area contributed by atoms with E-state index < -0.39 is 0 Å². The number of halogens is 1. The molecule has 0 atom stereocenters. The summed E-state index contributed by atoms with van der Waals surface area (Å²) in [4.78, 5) is 19.6.